The molecule has 17 heavy (non-hydrogen) atoms. The van der Waals surface area contributed by atoms with Gasteiger partial charge < -0.3 is 15.8 Å². The average Bonchev–Trinajstić information content (AvgIpc) is 2.67. The number of nitro benzene ring substituents is 1. The van der Waals surface area contributed by atoms with E-state index in [4.69, 9.17) is 5.73 Å². The molecule has 0 radical (unpaired) electrons. The standard InChI is InChI=1S/C10H10N4O3/c11-10-12-5-7(13-10)3-6-4-8(14(16)17)1-2-9(6)15/h1-2,4-5,15H,3H2,(H3,11,12,13). The molecule has 0 saturated carbocycles. The van der Waals surface area contributed by atoms with Crippen molar-refractivity contribution in [1.82, 2.24) is 9.97 Å². The van der Waals surface area contributed by atoms with Crippen molar-refractivity contribution < 1.29 is 10.0 Å². The van der Waals surface area contributed by atoms with E-state index in [1.54, 1.807) is 0 Å². The van der Waals surface area contributed by atoms with Crippen LogP contribution in [0.1, 0.15) is 11.3 Å². The molecule has 4 N–H and O–H groups in total. The van der Waals surface area contributed by atoms with Crippen LogP contribution in [0.5, 0.6) is 5.75 Å². The van der Waals surface area contributed by atoms with E-state index < -0.39 is 4.92 Å². The van der Waals surface area contributed by atoms with E-state index in [0.29, 0.717) is 17.7 Å². The van der Waals surface area contributed by atoms with E-state index >= 15 is 0 Å². The highest BCUT2D eigenvalue weighted by Gasteiger charge is 2.11. The fraction of sp³-hybridized carbons (Fsp3) is 0.100. The van der Waals surface area contributed by atoms with Crippen LogP contribution in [-0.2, 0) is 6.42 Å². The number of anilines is 1. The van der Waals surface area contributed by atoms with E-state index in [2.05, 4.69) is 9.97 Å². The molecule has 2 rings (SSSR count). The quantitative estimate of drug-likeness (QED) is 0.544. The van der Waals surface area contributed by atoms with Crippen molar-refractivity contribution in [2.75, 3.05) is 5.73 Å². The van der Waals surface area contributed by atoms with Crippen LogP contribution in [0.15, 0.2) is 24.4 Å². The number of nitrogens with one attached hydrogen (secondary N) is 1. The lowest BCUT2D eigenvalue weighted by molar-refractivity contribution is -0.384. The summed E-state index contributed by atoms with van der Waals surface area (Å²) in [5, 5.41) is 20.2. The molecular weight excluding hydrogens is 224 g/mol. The van der Waals surface area contributed by atoms with E-state index in [1.165, 1.54) is 24.4 Å². The van der Waals surface area contributed by atoms with Crippen molar-refractivity contribution in [3.05, 3.63) is 45.8 Å². The molecule has 0 unspecified atom stereocenters. The summed E-state index contributed by atoms with van der Waals surface area (Å²) in [6, 6.07) is 3.87. The van der Waals surface area contributed by atoms with Crippen molar-refractivity contribution in [1.29, 1.82) is 0 Å². The number of rotatable bonds is 3. The third-order valence-electron chi connectivity index (χ3n) is 2.30. The summed E-state index contributed by atoms with van der Waals surface area (Å²) in [5.74, 6) is 0.272. The molecule has 1 aromatic heterocycles. The molecule has 0 bridgehead atoms. The summed E-state index contributed by atoms with van der Waals surface area (Å²) in [6.45, 7) is 0. The van der Waals surface area contributed by atoms with Gasteiger partial charge in [-0.3, -0.25) is 10.1 Å². The van der Waals surface area contributed by atoms with Crippen molar-refractivity contribution in [2.45, 2.75) is 6.42 Å². The molecule has 0 fully saturated rings. The van der Waals surface area contributed by atoms with Gasteiger partial charge in [0.2, 0.25) is 0 Å². The summed E-state index contributed by atoms with van der Waals surface area (Å²) < 4.78 is 0. The number of nitrogen functional groups attached to an aromatic ring is 1. The first-order chi connectivity index (χ1) is 8.06. The van der Waals surface area contributed by atoms with Crippen LogP contribution < -0.4 is 5.73 Å². The number of aromatic nitrogens is 2. The Morgan fingerprint density at radius 3 is 2.88 bits per heavy atom. The van der Waals surface area contributed by atoms with Gasteiger partial charge in [0.05, 0.1) is 11.1 Å². The lowest BCUT2D eigenvalue weighted by Gasteiger charge is -2.02. The topological polar surface area (TPSA) is 118 Å². The highest BCUT2D eigenvalue weighted by atomic mass is 16.6. The van der Waals surface area contributed by atoms with Gasteiger partial charge in [-0.1, -0.05) is 0 Å². The van der Waals surface area contributed by atoms with Gasteiger partial charge in [0, 0.05) is 29.8 Å². The molecule has 0 aliphatic carbocycles. The van der Waals surface area contributed by atoms with Gasteiger partial charge in [0.15, 0.2) is 5.95 Å². The number of H-pyrrole nitrogens is 1. The minimum absolute atomic E-state index is 0.00349. The number of phenolic OH excluding ortho intramolecular Hbond substituents is 1. The van der Waals surface area contributed by atoms with Gasteiger partial charge in [-0.2, -0.15) is 0 Å². The number of nitrogens with zero attached hydrogens (tertiary/aromatic N) is 2. The van der Waals surface area contributed by atoms with Crippen molar-refractivity contribution >= 4 is 11.6 Å². The molecule has 0 atom stereocenters. The van der Waals surface area contributed by atoms with Crippen LogP contribution in [0, 0.1) is 10.1 Å². The van der Waals surface area contributed by atoms with Crippen LogP contribution in [-0.4, -0.2) is 20.0 Å². The first-order valence-corrected chi connectivity index (χ1v) is 4.82. The lowest BCUT2D eigenvalue weighted by atomic mass is 10.1. The number of benzene rings is 1. The fourth-order valence-corrected chi connectivity index (χ4v) is 1.50. The number of imidazole rings is 1. The van der Waals surface area contributed by atoms with Crippen molar-refractivity contribution in [3.8, 4) is 5.75 Å². The third-order valence-corrected chi connectivity index (χ3v) is 2.30. The molecule has 7 heteroatoms. The maximum atomic E-state index is 10.6. The first-order valence-electron chi connectivity index (χ1n) is 4.82. The highest BCUT2D eigenvalue weighted by molar-refractivity contribution is 5.44. The molecule has 0 aliphatic heterocycles. The predicted molar refractivity (Wildman–Crippen MR) is 60.6 cm³/mol. The van der Waals surface area contributed by atoms with Crippen LogP contribution in [0.2, 0.25) is 0 Å². The van der Waals surface area contributed by atoms with Gasteiger partial charge >= 0.3 is 0 Å². The summed E-state index contributed by atoms with van der Waals surface area (Å²) in [7, 11) is 0. The molecule has 1 heterocycles. The number of nitrogens with two attached hydrogens (primary N) is 1. The number of hydrogen-bond donors (Lipinski definition) is 3. The summed E-state index contributed by atoms with van der Waals surface area (Å²) >= 11 is 0. The second-order valence-electron chi connectivity index (χ2n) is 3.54. The Hall–Kier alpha value is -2.57. The molecule has 88 valence electrons. The summed E-state index contributed by atoms with van der Waals surface area (Å²) in [5.41, 5.74) is 6.47. The Bertz CT molecular complexity index is 564. The second kappa shape index (κ2) is 4.12. The summed E-state index contributed by atoms with van der Waals surface area (Å²) in [6.07, 6.45) is 1.82. The van der Waals surface area contributed by atoms with Crippen LogP contribution in [0.4, 0.5) is 11.6 Å². The monoisotopic (exact) mass is 234 g/mol. The van der Waals surface area contributed by atoms with Gasteiger partial charge in [-0.05, 0) is 6.07 Å². The number of phenols is 1. The SMILES string of the molecule is Nc1ncc(Cc2cc([N+](=O)[O-])ccc2O)[nH]1. The van der Waals surface area contributed by atoms with Crippen LogP contribution in [0.3, 0.4) is 0 Å². The normalized spacial score (nSPS) is 10.4. The molecular formula is C10H10N4O3. The molecule has 0 amide bonds. The maximum absolute atomic E-state index is 10.6. The highest BCUT2D eigenvalue weighted by Crippen LogP contribution is 2.24. The molecule has 0 aliphatic rings. The second-order valence-corrected chi connectivity index (χ2v) is 3.54. The van der Waals surface area contributed by atoms with E-state index in [-0.39, 0.29) is 17.4 Å². The Balaban J connectivity index is 2.31. The minimum atomic E-state index is -0.510. The van der Waals surface area contributed by atoms with Gasteiger partial charge in [-0.15, -0.1) is 0 Å². The van der Waals surface area contributed by atoms with Gasteiger partial charge in [0.25, 0.3) is 5.69 Å². The Kier molecular flexibility index (Phi) is 2.65. The van der Waals surface area contributed by atoms with E-state index in [0.717, 1.165) is 0 Å². The number of hydrogen-bond acceptors (Lipinski definition) is 5. The Morgan fingerprint density at radius 1 is 1.53 bits per heavy atom. The Morgan fingerprint density at radius 2 is 2.29 bits per heavy atom. The number of non-ortho nitro benzene ring substituents is 1. The zero-order chi connectivity index (χ0) is 12.4. The molecule has 0 spiro atoms. The maximum Gasteiger partial charge on any atom is 0.269 e. The Labute approximate surface area is 96.1 Å². The van der Waals surface area contributed by atoms with Gasteiger partial charge in [-0.25, -0.2) is 4.98 Å². The number of aromatic amines is 1. The minimum Gasteiger partial charge on any atom is -0.508 e. The third kappa shape index (κ3) is 2.33. The largest absolute Gasteiger partial charge is 0.508 e. The summed E-state index contributed by atoms with van der Waals surface area (Å²) in [4.78, 5) is 16.7. The molecule has 7 nitrogen and oxygen atoms in total. The zero-order valence-electron chi connectivity index (χ0n) is 8.75. The van der Waals surface area contributed by atoms with Crippen LogP contribution >= 0.6 is 0 Å². The fourth-order valence-electron chi connectivity index (χ4n) is 1.50. The lowest BCUT2D eigenvalue weighted by Crippen LogP contribution is -1.94. The van der Waals surface area contributed by atoms with Gasteiger partial charge in [0.1, 0.15) is 5.75 Å². The molecule has 0 saturated heterocycles. The van der Waals surface area contributed by atoms with Crippen molar-refractivity contribution in [2.24, 2.45) is 0 Å². The predicted octanol–water partition coefficient (Wildman–Crippen LogP) is 1.20. The van der Waals surface area contributed by atoms with E-state index in [1.807, 2.05) is 0 Å². The number of aromatic hydroxyl groups is 1. The van der Waals surface area contributed by atoms with Crippen LogP contribution in [0.25, 0.3) is 0 Å². The molecule has 1 aromatic carbocycles. The van der Waals surface area contributed by atoms with E-state index in [9.17, 15) is 15.2 Å². The smallest absolute Gasteiger partial charge is 0.269 e. The molecule has 2 aromatic rings. The number of nitro groups is 1. The van der Waals surface area contributed by atoms with Crippen molar-refractivity contribution in [3.63, 3.8) is 0 Å². The average molecular weight is 234 g/mol. The zero-order valence-corrected chi connectivity index (χ0v) is 8.75. The first kappa shape index (κ1) is 10.9.